The Morgan fingerprint density at radius 1 is 1.06 bits per heavy atom. The van der Waals surface area contributed by atoms with E-state index >= 15 is 0 Å². The van der Waals surface area contributed by atoms with E-state index in [0.29, 0.717) is 32.5 Å². The van der Waals surface area contributed by atoms with Crippen molar-refractivity contribution in [3.8, 4) is 0 Å². The molecular formula is C23H36N4O5. The summed E-state index contributed by atoms with van der Waals surface area (Å²) in [6.45, 7) is 6.52. The number of Topliss-reactive ketones (excluding diaryl/α,β-unsaturated/α-hetero) is 1. The predicted molar refractivity (Wildman–Crippen MR) is 119 cm³/mol. The minimum atomic E-state index is -0.643. The first-order valence-corrected chi connectivity index (χ1v) is 11.5. The molecule has 0 unspecified atom stereocenters. The van der Waals surface area contributed by atoms with Crippen LogP contribution in [0.5, 0.6) is 0 Å². The molecule has 0 aromatic rings. The Balaban J connectivity index is 1.84. The fourth-order valence-corrected chi connectivity index (χ4v) is 4.26. The zero-order valence-corrected chi connectivity index (χ0v) is 19.3. The van der Waals surface area contributed by atoms with Gasteiger partial charge < -0.3 is 16.4 Å². The van der Waals surface area contributed by atoms with Crippen molar-refractivity contribution in [2.45, 2.75) is 58.9 Å². The van der Waals surface area contributed by atoms with Crippen LogP contribution < -0.4 is 16.4 Å². The van der Waals surface area contributed by atoms with Crippen LogP contribution in [-0.2, 0) is 24.0 Å². The summed E-state index contributed by atoms with van der Waals surface area (Å²) in [6.07, 6.45) is 5.41. The number of hydrogen-bond donors (Lipinski definition) is 3. The minimum Gasteiger partial charge on any atom is -0.355 e. The molecule has 0 bridgehead atoms. The van der Waals surface area contributed by atoms with Gasteiger partial charge in [-0.1, -0.05) is 20.8 Å². The lowest BCUT2D eigenvalue weighted by Gasteiger charge is -2.31. The topological polar surface area (TPSA) is 139 Å². The summed E-state index contributed by atoms with van der Waals surface area (Å²) in [7, 11) is 0. The molecule has 0 aromatic carbocycles. The molecule has 0 aromatic heterocycles. The molecule has 0 spiro atoms. The van der Waals surface area contributed by atoms with Crippen molar-refractivity contribution >= 4 is 29.4 Å². The van der Waals surface area contributed by atoms with Crippen LogP contribution in [0, 0.1) is 23.7 Å². The molecule has 178 valence electrons. The maximum Gasteiger partial charge on any atom is 0.253 e. The lowest BCUT2D eigenvalue weighted by Crippen LogP contribution is -2.48. The molecular weight excluding hydrogens is 412 g/mol. The SMILES string of the molecule is CC(C)[C@H](NC(=O)C1CCC(CN2C(=O)C=CC2=O)CC1)C(=O)C[C@@H](C)C(=O)NCCN. The largest absolute Gasteiger partial charge is 0.355 e. The van der Waals surface area contributed by atoms with Crippen LogP contribution >= 0.6 is 0 Å². The second kappa shape index (κ2) is 11.9. The highest BCUT2D eigenvalue weighted by atomic mass is 16.2. The van der Waals surface area contributed by atoms with Crippen LogP contribution in [-0.4, -0.2) is 60.0 Å². The number of rotatable bonds is 11. The lowest BCUT2D eigenvalue weighted by atomic mass is 9.81. The number of amides is 4. The van der Waals surface area contributed by atoms with Crippen molar-refractivity contribution in [2.24, 2.45) is 29.4 Å². The first kappa shape index (κ1) is 25.7. The van der Waals surface area contributed by atoms with Gasteiger partial charge >= 0.3 is 0 Å². The summed E-state index contributed by atoms with van der Waals surface area (Å²) in [5.41, 5.74) is 5.39. The summed E-state index contributed by atoms with van der Waals surface area (Å²) in [5, 5.41) is 5.59. The van der Waals surface area contributed by atoms with Gasteiger partial charge in [-0.3, -0.25) is 28.9 Å². The third-order valence-electron chi connectivity index (χ3n) is 6.27. The van der Waals surface area contributed by atoms with E-state index in [-0.39, 0.29) is 53.6 Å². The average Bonchev–Trinajstić information content (AvgIpc) is 3.07. The monoisotopic (exact) mass is 448 g/mol. The Kier molecular flexibility index (Phi) is 9.56. The summed E-state index contributed by atoms with van der Waals surface area (Å²) in [4.78, 5) is 62.4. The molecule has 2 atom stereocenters. The average molecular weight is 449 g/mol. The van der Waals surface area contributed by atoms with Gasteiger partial charge in [-0.15, -0.1) is 0 Å². The van der Waals surface area contributed by atoms with Crippen molar-refractivity contribution in [1.82, 2.24) is 15.5 Å². The standard InChI is InChI=1S/C23H36N4O5/c1-14(2)21(18(28)12-15(3)22(31)25-11-10-24)26-23(32)17-6-4-16(5-7-17)13-27-19(29)8-9-20(27)30/h8-9,14-17,21H,4-7,10-13,24H2,1-3H3,(H,25,31)(H,26,32)/t15-,16?,17?,21+/m1/s1. The van der Waals surface area contributed by atoms with Crippen molar-refractivity contribution in [2.75, 3.05) is 19.6 Å². The second-order valence-electron chi connectivity index (χ2n) is 9.22. The number of ketones is 1. The van der Waals surface area contributed by atoms with E-state index in [9.17, 15) is 24.0 Å². The summed E-state index contributed by atoms with van der Waals surface area (Å²) >= 11 is 0. The molecule has 1 aliphatic heterocycles. The first-order valence-electron chi connectivity index (χ1n) is 11.5. The van der Waals surface area contributed by atoms with Gasteiger partial charge in [0.15, 0.2) is 5.78 Å². The highest BCUT2D eigenvalue weighted by molar-refractivity contribution is 6.12. The van der Waals surface area contributed by atoms with Crippen LogP contribution in [0.1, 0.15) is 52.9 Å². The second-order valence-corrected chi connectivity index (χ2v) is 9.22. The number of nitrogens with two attached hydrogens (primary N) is 1. The summed E-state index contributed by atoms with van der Waals surface area (Å²) in [5.74, 6) is -1.69. The van der Waals surface area contributed by atoms with Gasteiger partial charge in [0.25, 0.3) is 11.8 Å². The molecule has 0 radical (unpaired) electrons. The molecule has 9 nitrogen and oxygen atoms in total. The normalized spacial score (nSPS) is 22.7. The van der Waals surface area contributed by atoms with E-state index in [1.165, 1.54) is 17.1 Å². The van der Waals surface area contributed by atoms with E-state index in [1.54, 1.807) is 6.92 Å². The van der Waals surface area contributed by atoms with Gasteiger partial charge in [-0.05, 0) is 37.5 Å². The van der Waals surface area contributed by atoms with Crippen molar-refractivity contribution in [3.63, 3.8) is 0 Å². The zero-order valence-electron chi connectivity index (χ0n) is 19.3. The highest BCUT2D eigenvalue weighted by Crippen LogP contribution is 2.30. The van der Waals surface area contributed by atoms with E-state index in [0.717, 1.165) is 12.8 Å². The fraction of sp³-hybridized carbons (Fsp3) is 0.696. The highest BCUT2D eigenvalue weighted by Gasteiger charge is 2.33. The summed E-state index contributed by atoms with van der Waals surface area (Å²) in [6, 6.07) is -0.643. The third kappa shape index (κ3) is 6.98. The van der Waals surface area contributed by atoms with E-state index in [4.69, 9.17) is 5.73 Å². The quantitative estimate of drug-likeness (QED) is 0.394. The van der Waals surface area contributed by atoms with Crippen LogP contribution in [0.2, 0.25) is 0 Å². The van der Waals surface area contributed by atoms with Gasteiger partial charge in [0.2, 0.25) is 11.8 Å². The smallest absolute Gasteiger partial charge is 0.253 e. The van der Waals surface area contributed by atoms with Gasteiger partial charge in [0.05, 0.1) is 6.04 Å². The Morgan fingerprint density at radius 3 is 2.19 bits per heavy atom. The van der Waals surface area contributed by atoms with Crippen LogP contribution in [0.3, 0.4) is 0 Å². The number of carbonyl (C=O) groups excluding carboxylic acids is 5. The molecule has 1 fully saturated rings. The zero-order chi connectivity index (χ0) is 23.8. The van der Waals surface area contributed by atoms with Crippen molar-refractivity contribution < 1.29 is 24.0 Å². The van der Waals surface area contributed by atoms with Gasteiger partial charge in [0, 0.05) is 50.0 Å². The molecule has 32 heavy (non-hydrogen) atoms. The first-order chi connectivity index (χ1) is 15.1. The third-order valence-corrected chi connectivity index (χ3v) is 6.27. The fourth-order valence-electron chi connectivity index (χ4n) is 4.26. The number of imide groups is 1. The van der Waals surface area contributed by atoms with Gasteiger partial charge in [0.1, 0.15) is 0 Å². The predicted octanol–water partition coefficient (Wildman–Crippen LogP) is 0.529. The number of nitrogens with zero attached hydrogens (tertiary/aromatic N) is 1. The van der Waals surface area contributed by atoms with Crippen LogP contribution in [0.4, 0.5) is 0 Å². The lowest BCUT2D eigenvalue weighted by molar-refractivity contribution is -0.138. The molecule has 0 saturated heterocycles. The maximum absolute atomic E-state index is 12.8. The Bertz CT molecular complexity index is 737. The Morgan fingerprint density at radius 2 is 1.66 bits per heavy atom. The minimum absolute atomic E-state index is 0.0538. The van der Waals surface area contributed by atoms with Gasteiger partial charge in [-0.25, -0.2) is 0 Å². The molecule has 2 aliphatic rings. The van der Waals surface area contributed by atoms with Gasteiger partial charge in [-0.2, -0.15) is 0 Å². The number of nitrogens with one attached hydrogen (secondary N) is 2. The molecule has 2 rings (SSSR count). The van der Waals surface area contributed by atoms with Crippen LogP contribution in [0.25, 0.3) is 0 Å². The molecule has 1 aliphatic carbocycles. The van der Waals surface area contributed by atoms with E-state index in [1.807, 2.05) is 13.8 Å². The molecule has 1 heterocycles. The number of carbonyl (C=O) groups is 5. The molecule has 9 heteroatoms. The maximum atomic E-state index is 12.8. The van der Waals surface area contributed by atoms with Crippen molar-refractivity contribution in [3.05, 3.63) is 12.2 Å². The van der Waals surface area contributed by atoms with Crippen molar-refractivity contribution in [1.29, 1.82) is 0 Å². The van der Waals surface area contributed by atoms with E-state index in [2.05, 4.69) is 10.6 Å². The van der Waals surface area contributed by atoms with Crippen LogP contribution in [0.15, 0.2) is 12.2 Å². The summed E-state index contributed by atoms with van der Waals surface area (Å²) < 4.78 is 0. The van der Waals surface area contributed by atoms with E-state index < -0.39 is 12.0 Å². The Labute approximate surface area is 189 Å². The molecule has 4 amide bonds. The molecule has 4 N–H and O–H groups in total. The Hall–Kier alpha value is -2.55. The molecule has 1 saturated carbocycles. The number of hydrogen-bond acceptors (Lipinski definition) is 6.